The molecule has 0 saturated carbocycles. The first-order valence-electron chi connectivity index (χ1n) is 13.1. The van der Waals surface area contributed by atoms with Gasteiger partial charge < -0.3 is 9.84 Å². The molecule has 1 rings (SSSR count). The van der Waals surface area contributed by atoms with Crippen LogP contribution in [0, 0.1) is 6.92 Å². The van der Waals surface area contributed by atoms with Crippen LogP contribution in [-0.4, -0.2) is 24.6 Å². The van der Waals surface area contributed by atoms with Crippen LogP contribution in [0.15, 0.2) is 24.3 Å². The lowest BCUT2D eigenvalue weighted by atomic mass is 10.0. The van der Waals surface area contributed by atoms with Crippen molar-refractivity contribution in [2.24, 2.45) is 0 Å². The molecule has 184 valence electrons. The Hall–Kier alpha value is -0.670. The van der Waals surface area contributed by atoms with Crippen LogP contribution in [0.3, 0.4) is 0 Å². The fourth-order valence-corrected chi connectivity index (χ4v) is 3.74. The summed E-state index contributed by atoms with van der Waals surface area (Å²) in [4.78, 5) is 0. The molecule has 0 aliphatic carbocycles. The number of aliphatic hydroxyl groups is 1. The average Bonchev–Trinajstić information content (AvgIpc) is 2.82. The molecule has 3 heteroatoms. The van der Waals surface area contributed by atoms with Crippen LogP contribution in [0.2, 0.25) is 0 Å². The fraction of sp³-hybridized carbons (Fsp3) is 0.786. The van der Waals surface area contributed by atoms with E-state index in [0.29, 0.717) is 0 Å². The second kappa shape index (κ2) is 29.3. The monoisotopic (exact) mass is 454 g/mol. The highest BCUT2D eigenvalue weighted by atomic mass is 32.1. The summed E-state index contributed by atoms with van der Waals surface area (Å²) < 4.78 is 5.78. The van der Waals surface area contributed by atoms with Crippen molar-refractivity contribution in [2.75, 3.05) is 19.5 Å². The molecule has 1 aromatic rings. The van der Waals surface area contributed by atoms with Crippen molar-refractivity contribution in [1.82, 2.24) is 0 Å². The van der Waals surface area contributed by atoms with Gasteiger partial charge in [-0.05, 0) is 37.7 Å². The van der Waals surface area contributed by atoms with Gasteiger partial charge in [0.25, 0.3) is 0 Å². The Kier molecular flexibility index (Phi) is 30.8. The normalized spacial score (nSPS) is 10.0. The molecule has 2 nitrogen and oxygen atoms in total. The number of ether oxygens (including phenoxy) is 1. The van der Waals surface area contributed by atoms with Crippen molar-refractivity contribution in [3.63, 3.8) is 0 Å². The standard InChI is InChI=1S/C25H44OS.C2H6.CH4O/c1-24-18-20-25(21-19-24)26-22-16-14-12-10-8-6-4-2-3-5-7-9-11-13-15-17-23-27;2*1-2/h18-21,27H,2-17,22-23H2,1H3;1-2H3;2H,1H3. The molecule has 0 aromatic heterocycles. The zero-order valence-electron chi connectivity index (χ0n) is 21.3. The first-order chi connectivity index (χ1) is 15.3. The largest absolute Gasteiger partial charge is 0.494 e. The van der Waals surface area contributed by atoms with Crippen LogP contribution in [0.25, 0.3) is 0 Å². The maximum Gasteiger partial charge on any atom is 0.119 e. The minimum absolute atomic E-state index is 0.859. The number of unbranched alkanes of at least 4 members (excludes halogenated alkanes) is 15. The molecule has 0 radical (unpaired) electrons. The summed E-state index contributed by atoms with van der Waals surface area (Å²) in [6.45, 7) is 6.97. The minimum atomic E-state index is 0.859. The van der Waals surface area contributed by atoms with Crippen LogP contribution in [0.1, 0.15) is 122 Å². The molecule has 0 heterocycles. The summed E-state index contributed by atoms with van der Waals surface area (Å²) in [6, 6.07) is 8.37. The van der Waals surface area contributed by atoms with Gasteiger partial charge in [-0.1, -0.05) is 121 Å². The molecule has 0 aliphatic rings. The Morgan fingerprint density at radius 2 is 0.903 bits per heavy atom. The van der Waals surface area contributed by atoms with Gasteiger partial charge in [0.15, 0.2) is 0 Å². The van der Waals surface area contributed by atoms with Gasteiger partial charge >= 0.3 is 0 Å². The van der Waals surface area contributed by atoms with E-state index < -0.39 is 0 Å². The summed E-state index contributed by atoms with van der Waals surface area (Å²) in [5.74, 6) is 2.07. The second-order valence-corrected chi connectivity index (χ2v) is 8.49. The summed E-state index contributed by atoms with van der Waals surface area (Å²) >= 11 is 4.26. The molecule has 1 N–H and O–H groups in total. The zero-order chi connectivity index (χ0) is 23.4. The van der Waals surface area contributed by atoms with Crippen molar-refractivity contribution in [2.45, 2.75) is 124 Å². The summed E-state index contributed by atoms with van der Waals surface area (Å²) in [5, 5.41) is 7.00. The van der Waals surface area contributed by atoms with Crippen LogP contribution >= 0.6 is 12.6 Å². The van der Waals surface area contributed by atoms with Crippen LogP contribution in [-0.2, 0) is 0 Å². The molecule has 0 fully saturated rings. The Balaban J connectivity index is 0. The van der Waals surface area contributed by atoms with E-state index in [1.54, 1.807) is 0 Å². The van der Waals surface area contributed by atoms with E-state index in [9.17, 15) is 0 Å². The maximum atomic E-state index is 7.00. The van der Waals surface area contributed by atoms with E-state index in [0.717, 1.165) is 25.2 Å². The van der Waals surface area contributed by atoms with Gasteiger partial charge in [-0.25, -0.2) is 0 Å². The van der Waals surface area contributed by atoms with E-state index in [1.165, 1.54) is 108 Å². The van der Waals surface area contributed by atoms with E-state index in [4.69, 9.17) is 9.84 Å². The first-order valence-corrected chi connectivity index (χ1v) is 13.7. The lowest BCUT2D eigenvalue weighted by Gasteiger charge is -2.06. The number of thiol groups is 1. The summed E-state index contributed by atoms with van der Waals surface area (Å²) in [7, 11) is 1.00. The third-order valence-corrected chi connectivity index (χ3v) is 5.66. The molecular formula is C28H54O2S. The average molecular weight is 455 g/mol. The molecule has 0 saturated heterocycles. The minimum Gasteiger partial charge on any atom is -0.494 e. The quantitative estimate of drug-likeness (QED) is 0.161. The third-order valence-electron chi connectivity index (χ3n) is 5.34. The Bertz CT molecular complexity index is 420. The number of hydrogen-bond acceptors (Lipinski definition) is 3. The lowest BCUT2D eigenvalue weighted by Crippen LogP contribution is -1.97. The molecule has 0 amide bonds. The van der Waals surface area contributed by atoms with Gasteiger partial charge in [-0.3, -0.25) is 0 Å². The number of aliphatic hydroxyl groups excluding tert-OH is 1. The number of benzene rings is 1. The molecule has 0 atom stereocenters. The molecule has 0 unspecified atom stereocenters. The first kappa shape index (κ1) is 32.5. The lowest BCUT2D eigenvalue weighted by molar-refractivity contribution is 0.304. The van der Waals surface area contributed by atoms with Crippen molar-refractivity contribution < 1.29 is 9.84 Å². The number of rotatable bonds is 19. The topological polar surface area (TPSA) is 29.5 Å². The Morgan fingerprint density at radius 3 is 1.26 bits per heavy atom. The molecule has 0 aliphatic heterocycles. The molecular weight excluding hydrogens is 400 g/mol. The third kappa shape index (κ3) is 25.5. The molecule has 0 bridgehead atoms. The van der Waals surface area contributed by atoms with Crippen LogP contribution in [0.5, 0.6) is 5.75 Å². The van der Waals surface area contributed by atoms with E-state index >= 15 is 0 Å². The second-order valence-electron chi connectivity index (χ2n) is 8.04. The zero-order valence-corrected chi connectivity index (χ0v) is 22.2. The van der Waals surface area contributed by atoms with E-state index in [2.05, 4.69) is 43.8 Å². The van der Waals surface area contributed by atoms with Gasteiger partial charge in [0, 0.05) is 7.11 Å². The van der Waals surface area contributed by atoms with Crippen LogP contribution in [0.4, 0.5) is 0 Å². The molecule has 31 heavy (non-hydrogen) atoms. The van der Waals surface area contributed by atoms with Gasteiger partial charge in [-0.15, -0.1) is 0 Å². The Morgan fingerprint density at radius 1 is 0.581 bits per heavy atom. The SMILES string of the molecule is CC.CO.Cc1ccc(OCCCCCCCCCCCCCCCCCCS)cc1. The van der Waals surface area contributed by atoms with Crippen molar-refractivity contribution >= 4 is 12.6 Å². The van der Waals surface area contributed by atoms with Crippen molar-refractivity contribution in [3.8, 4) is 5.75 Å². The highest BCUT2D eigenvalue weighted by Crippen LogP contribution is 2.15. The van der Waals surface area contributed by atoms with Crippen LogP contribution < -0.4 is 4.74 Å². The number of aryl methyl sites for hydroxylation is 1. The van der Waals surface area contributed by atoms with Gasteiger partial charge in [0.1, 0.15) is 5.75 Å². The Labute approximate surface area is 201 Å². The predicted molar refractivity (Wildman–Crippen MR) is 144 cm³/mol. The van der Waals surface area contributed by atoms with Gasteiger partial charge in [0.05, 0.1) is 6.61 Å². The molecule has 1 aromatic carbocycles. The number of hydrogen-bond donors (Lipinski definition) is 2. The van der Waals surface area contributed by atoms with Gasteiger partial charge in [-0.2, -0.15) is 12.6 Å². The summed E-state index contributed by atoms with van der Waals surface area (Å²) in [5.41, 5.74) is 1.29. The highest BCUT2D eigenvalue weighted by Gasteiger charge is 1.96. The van der Waals surface area contributed by atoms with Crippen molar-refractivity contribution in [1.29, 1.82) is 0 Å². The summed E-state index contributed by atoms with van der Waals surface area (Å²) in [6.07, 6.45) is 22.3. The predicted octanol–water partition coefficient (Wildman–Crippen LogP) is 9.18. The van der Waals surface area contributed by atoms with E-state index in [-0.39, 0.29) is 0 Å². The van der Waals surface area contributed by atoms with Gasteiger partial charge in [0.2, 0.25) is 0 Å². The fourth-order valence-electron chi connectivity index (χ4n) is 3.51. The van der Waals surface area contributed by atoms with E-state index in [1.807, 2.05) is 13.8 Å². The highest BCUT2D eigenvalue weighted by molar-refractivity contribution is 7.80. The van der Waals surface area contributed by atoms with Crippen molar-refractivity contribution in [3.05, 3.63) is 29.8 Å². The smallest absolute Gasteiger partial charge is 0.119 e. The maximum absolute atomic E-state index is 7.00. The molecule has 0 spiro atoms.